The third-order valence-corrected chi connectivity index (χ3v) is 5.62. The molecule has 0 bridgehead atoms. The van der Waals surface area contributed by atoms with Gasteiger partial charge in [-0.2, -0.15) is 0 Å². The molecule has 0 saturated carbocycles. The standard InChI is InChI=1S/C22H22F2N2O4/c1-12(26(2)19(27)11-25-22(29)30)21(28)20-15-5-3-7-17(23)13(15)9-10-14-16(20)6-4-8-18(14)24/h3-8,12,20,25H,9-11H2,1-2H3,(H,29,30). The Labute approximate surface area is 172 Å². The lowest BCUT2D eigenvalue weighted by molar-refractivity contribution is -0.137. The Morgan fingerprint density at radius 2 is 1.57 bits per heavy atom. The van der Waals surface area contributed by atoms with Crippen molar-refractivity contribution < 1.29 is 28.3 Å². The summed E-state index contributed by atoms with van der Waals surface area (Å²) in [5.74, 6) is -2.85. The quantitative estimate of drug-likeness (QED) is 0.785. The number of carbonyl (C=O) groups is 3. The average Bonchev–Trinajstić information content (AvgIpc) is 2.89. The van der Waals surface area contributed by atoms with Crippen LogP contribution in [0.4, 0.5) is 13.6 Å². The number of amides is 2. The second-order valence-corrected chi connectivity index (χ2v) is 7.29. The van der Waals surface area contributed by atoms with Gasteiger partial charge >= 0.3 is 6.09 Å². The van der Waals surface area contributed by atoms with E-state index in [4.69, 9.17) is 5.11 Å². The Kier molecular flexibility index (Phi) is 6.14. The monoisotopic (exact) mass is 416 g/mol. The molecule has 0 spiro atoms. The van der Waals surface area contributed by atoms with E-state index in [1.807, 2.05) is 5.32 Å². The third kappa shape index (κ3) is 4.03. The molecule has 1 atom stereocenters. The molecule has 0 heterocycles. The summed E-state index contributed by atoms with van der Waals surface area (Å²) in [4.78, 5) is 37.6. The summed E-state index contributed by atoms with van der Waals surface area (Å²) in [5.41, 5.74) is 1.64. The normalized spacial score (nSPS) is 14.1. The first-order chi connectivity index (χ1) is 14.2. The number of ketones is 1. The Morgan fingerprint density at radius 1 is 1.07 bits per heavy atom. The molecule has 2 N–H and O–H groups in total. The number of likely N-dealkylation sites (N-methyl/N-ethyl adjacent to an activating group) is 1. The van der Waals surface area contributed by atoms with Crippen LogP contribution >= 0.6 is 0 Å². The zero-order valence-electron chi connectivity index (χ0n) is 16.6. The first-order valence-electron chi connectivity index (χ1n) is 9.53. The maximum Gasteiger partial charge on any atom is 0.405 e. The number of carboxylic acid groups (broad SMARTS) is 1. The van der Waals surface area contributed by atoms with Crippen molar-refractivity contribution in [3.63, 3.8) is 0 Å². The Morgan fingerprint density at radius 3 is 2.03 bits per heavy atom. The number of carbonyl (C=O) groups excluding carboxylic acids is 2. The predicted molar refractivity (Wildman–Crippen MR) is 105 cm³/mol. The van der Waals surface area contributed by atoms with Gasteiger partial charge in [0.1, 0.15) is 18.2 Å². The molecule has 0 aliphatic heterocycles. The van der Waals surface area contributed by atoms with Gasteiger partial charge in [-0.3, -0.25) is 9.59 Å². The molecule has 0 aromatic heterocycles. The first kappa shape index (κ1) is 21.4. The zero-order valence-corrected chi connectivity index (χ0v) is 16.6. The number of hydrogen-bond donors (Lipinski definition) is 2. The lowest BCUT2D eigenvalue weighted by Gasteiger charge is -2.29. The summed E-state index contributed by atoms with van der Waals surface area (Å²) in [6.45, 7) is 1.04. The molecule has 8 heteroatoms. The van der Waals surface area contributed by atoms with E-state index < -0.39 is 47.9 Å². The lowest BCUT2D eigenvalue weighted by Crippen LogP contribution is -2.46. The van der Waals surface area contributed by atoms with Crippen molar-refractivity contribution in [2.75, 3.05) is 13.6 Å². The fourth-order valence-electron chi connectivity index (χ4n) is 3.87. The minimum Gasteiger partial charge on any atom is -0.465 e. The molecule has 6 nitrogen and oxygen atoms in total. The molecule has 3 rings (SSSR count). The number of Topliss-reactive ketones (excluding diaryl/α,β-unsaturated/α-hetero) is 1. The molecule has 30 heavy (non-hydrogen) atoms. The van der Waals surface area contributed by atoms with Gasteiger partial charge in [-0.05, 0) is 54.2 Å². The van der Waals surface area contributed by atoms with Crippen LogP contribution in [-0.2, 0) is 22.4 Å². The van der Waals surface area contributed by atoms with E-state index in [1.54, 1.807) is 12.1 Å². The lowest BCUT2D eigenvalue weighted by atomic mass is 9.82. The molecule has 0 fully saturated rings. The topological polar surface area (TPSA) is 86.7 Å². The van der Waals surface area contributed by atoms with Crippen molar-refractivity contribution in [1.82, 2.24) is 10.2 Å². The van der Waals surface area contributed by atoms with Crippen LogP contribution in [0.3, 0.4) is 0 Å². The summed E-state index contributed by atoms with van der Waals surface area (Å²) in [5, 5.41) is 10.6. The number of nitrogens with one attached hydrogen (secondary N) is 1. The van der Waals surface area contributed by atoms with E-state index in [-0.39, 0.29) is 12.8 Å². The number of nitrogens with zero attached hydrogens (tertiary/aromatic N) is 1. The molecule has 0 radical (unpaired) electrons. The van der Waals surface area contributed by atoms with Crippen LogP contribution in [0.5, 0.6) is 0 Å². The summed E-state index contributed by atoms with van der Waals surface area (Å²) in [6.07, 6.45) is -0.843. The van der Waals surface area contributed by atoms with Gasteiger partial charge < -0.3 is 15.3 Å². The minimum atomic E-state index is -1.35. The maximum atomic E-state index is 14.5. The predicted octanol–water partition coefficient (Wildman–Crippen LogP) is 2.88. The molecule has 2 aromatic rings. The third-order valence-electron chi connectivity index (χ3n) is 5.62. The highest BCUT2D eigenvalue weighted by Gasteiger charge is 2.36. The highest BCUT2D eigenvalue weighted by molar-refractivity contribution is 5.96. The minimum absolute atomic E-state index is 0.255. The van der Waals surface area contributed by atoms with Crippen molar-refractivity contribution in [3.05, 3.63) is 70.3 Å². The van der Waals surface area contributed by atoms with Crippen molar-refractivity contribution >= 4 is 17.8 Å². The number of halogens is 2. The van der Waals surface area contributed by atoms with Crippen LogP contribution in [0.25, 0.3) is 0 Å². The van der Waals surface area contributed by atoms with Gasteiger partial charge in [-0.25, -0.2) is 13.6 Å². The molecule has 2 aromatic carbocycles. The van der Waals surface area contributed by atoms with Crippen LogP contribution in [0.2, 0.25) is 0 Å². The van der Waals surface area contributed by atoms with Gasteiger partial charge in [0.15, 0.2) is 5.78 Å². The van der Waals surface area contributed by atoms with E-state index >= 15 is 0 Å². The largest absolute Gasteiger partial charge is 0.465 e. The number of benzene rings is 2. The molecule has 1 unspecified atom stereocenters. The number of hydrogen-bond acceptors (Lipinski definition) is 3. The van der Waals surface area contributed by atoms with Gasteiger partial charge in [-0.1, -0.05) is 24.3 Å². The summed E-state index contributed by atoms with van der Waals surface area (Å²) >= 11 is 0. The van der Waals surface area contributed by atoms with Crippen molar-refractivity contribution in [3.8, 4) is 0 Å². The van der Waals surface area contributed by atoms with E-state index in [2.05, 4.69) is 0 Å². The summed E-state index contributed by atoms with van der Waals surface area (Å²) in [6, 6.07) is 8.00. The van der Waals surface area contributed by atoms with Gasteiger partial charge in [-0.15, -0.1) is 0 Å². The molecule has 1 aliphatic carbocycles. The van der Waals surface area contributed by atoms with Gasteiger partial charge in [0.2, 0.25) is 5.91 Å². The second-order valence-electron chi connectivity index (χ2n) is 7.29. The van der Waals surface area contributed by atoms with Crippen molar-refractivity contribution in [2.45, 2.75) is 31.7 Å². The van der Waals surface area contributed by atoms with E-state index in [9.17, 15) is 23.2 Å². The first-order valence-corrected chi connectivity index (χ1v) is 9.53. The summed E-state index contributed by atoms with van der Waals surface area (Å²) < 4.78 is 29.1. The SMILES string of the molecule is CC(C(=O)C1c2cccc(F)c2CCc2c(F)cccc21)N(C)C(=O)CNC(=O)O. The molecule has 1 aliphatic rings. The fourth-order valence-corrected chi connectivity index (χ4v) is 3.87. The van der Waals surface area contributed by atoms with Crippen LogP contribution < -0.4 is 5.32 Å². The van der Waals surface area contributed by atoms with Crippen LogP contribution in [0.15, 0.2) is 36.4 Å². The maximum absolute atomic E-state index is 14.5. The highest BCUT2D eigenvalue weighted by atomic mass is 19.1. The van der Waals surface area contributed by atoms with Gasteiger partial charge in [0.25, 0.3) is 0 Å². The van der Waals surface area contributed by atoms with Crippen molar-refractivity contribution in [2.24, 2.45) is 0 Å². The van der Waals surface area contributed by atoms with Crippen LogP contribution in [-0.4, -0.2) is 47.4 Å². The van der Waals surface area contributed by atoms with E-state index in [0.29, 0.717) is 22.3 Å². The zero-order chi connectivity index (χ0) is 22.0. The highest BCUT2D eigenvalue weighted by Crippen LogP contribution is 2.37. The fraction of sp³-hybridized carbons (Fsp3) is 0.318. The van der Waals surface area contributed by atoms with Gasteiger partial charge in [0, 0.05) is 7.05 Å². The smallest absolute Gasteiger partial charge is 0.405 e. The van der Waals surface area contributed by atoms with E-state index in [0.717, 1.165) is 4.90 Å². The molecule has 2 amide bonds. The van der Waals surface area contributed by atoms with E-state index in [1.165, 1.54) is 38.2 Å². The van der Waals surface area contributed by atoms with Crippen LogP contribution in [0, 0.1) is 11.6 Å². The Hall–Kier alpha value is -3.29. The van der Waals surface area contributed by atoms with Crippen molar-refractivity contribution in [1.29, 1.82) is 0 Å². The number of fused-ring (bicyclic) bond motifs is 2. The number of rotatable bonds is 5. The average molecular weight is 416 g/mol. The Balaban J connectivity index is 2.02. The molecular weight excluding hydrogens is 394 g/mol. The second kappa shape index (κ2) is 8.61. The van der Waals surface area contributed by atoms with Gasteiger partial charge in [0.05, 0.1) is 12.0 Å². The Bertz CT molecular complexity index is 955. The molecular formula is C22H22F2N2O4. The van der Waals surface area contributed by atoms with Crippen LogP contribution in [0.1, 0.15) is 35.1 Å². The molecule has 158 valence electrons. The summed E-state index contributed by atoms with van der Waals surface area (Å²) in [7, 11) is 1.39. The molecule has 0 saturated heterocycles.